The Bertz CT molecular complexity index is 1170. The number of benzene rings is 2. The Labute approximate surface area is 157 Å². The highest BCUT2D eigenvalue weighted by Crippen LogP contribution is 2.50. The molecule has 0 unspecified atom stereocenters. The second-order valence-corrected chi connectivity index (χ2v) is 8.12. The van der Waals surface area contributed by atoms with Crippen molar-refractivity contribution in [1.29, 1.82) is 5.26 Å². The number of fused-ring (bicyclic) bond motifs is 4. The SMILES string of the molecule is COc1cc2c(cc1C1CC1)C(=O)c1c([nH]c3cc(C#N)ccc13)C2(C)C. The van der Waals surface area contributed by atoms with Crippen molar-refractivity contribution in [3.63, 3.8) is 0 Å². The number of hydrogen-bond donors (Lipinski definition) is 1. The van der Waals surface area contributed by atoms with Crippen molar-refractivity contribution < 1.29 is 9.53 Å². The monoisotopic (exact) mass is 356 g/mol. The zero-order valence-electron chi connectivity index (χ0n) is 15.6. The molecule has 0 aliphatic heterocycles. The fourth-order valence-corrected chi connectivity index (χ4v) is 4.43. The van der Waals surface area contributed by atoms with Crippen LogP contribution in [0.2, 0.25) is 0 Å². The lowest BCUT2D eigenvalue weighted by Crippen LogP contribution is -2.30. The highest BCUT2D eigenvalue weighted by atomic mass is 16.5. The third-order valence-electron chi connectivity index (χ3n) is 6.08. The van der Waals surface area contributed by atoms with Crippen LogP contribution in [0.1, 0.15) is 70.9 Å². The van der Waals surface area contributed by atoms with Gasteiger partial charge in [0.25, 0.3) is 0 Å². The van der Waals surface area contributed by atoms with Crippen LogP contribution >= 0.6 is 0 Å². The second-order valence-electron chi connectivity index (χ2n) is 8.12. The minimum Gasteiger partial charge on any atom is -0.496 e. The molecule has 0 amide bonds. The molecule has 1 aromatic heterocycles. The van der Waals surface area contributed by atoms with Gasteiger partial charge in [-0.2, -0.15) is 5.26 Å². The molecule has 0 saturated heterocycles. The molecule has 1 fully saturated rings. The maximum absolute atomic E-state index is 13.5. The Kier molecular flexibility index (Phi) is 3.13. The van der Waals surface area contributed by atoms with Gasteiger partial charge in [-0.15, -0.1) is 0 Å². The molecule has 4 heteroatoms. The summed E-state index contributed by atoms with van der Waals surface area (Å²) in [5.41, 5.74) is 5.62. The zero-order valence-corrected chi connectivity index (χ0v) is 15.6. The summed E-state index contributed by atoms with van der Waals surface area (Å²) < 4.78 is 5.66. The number of aromatic amines is 1. The van der Waals surface area contributed by atoms with Gasteiger partial charge in [-0.1, -0.05) is 19.9 Å². The number of carbonyl (C=O) groups excluding carboxylic acids is 1. The van der Waals surface area contributed by atoms with Gasteiger partial charge < -0.3 is 9.72 Å². The minimum absolute atomic E-state index is 0.0554. The Morgan fingerprint density at radius 2 is 2.00 bits per heavy atom. The van der Waals surface area contributed by atoms with Crippen LogP contribution in [-0.2, 0) is 5.41 Å². The van der Waals surface area contributed by atoms with Crippen LogP contribution in [0.3, 0.4) is 0 Å². The lowest BCUT2D eigenvalue weighted by atomic mass is 9.70. The molecule has 0 bridgehead atoms. The molecule has 4 nitrogen and oxygen atoms in total. The first-order valence-corrected chi connectivity index (χ1v) is 9.29. The number of rotatable bonds is 2. The molecular weight excluding hydrogens is 336 g/mol. The summed E-state index contributed by atoms with van der Waals surface area (Å²) in [6.45, 7) is 4.27. The number of nitrogens with zero attached hydrogens (tertiary/aromatic N) is 1. The van der Waals surface area contributed by atoms with E-state index in [9.17, 15) is 10.1 Å². The number of methoxy groups -OCH3 is 1. The fraction of sp³-hybridized carbons (Fsp3) is 0.304. The van der Waals surface area contributed by atoms with Crippen molar-refractivity contribution in [2.75, 3.05) is 7.11 Å². The van der Waals surface area contributed by atoms with Crippen LogP contribution in [0.15, 0.2) is 30.3 Å². The summed E-state index contributed by atoms with van der Waals surface area (Å²) in [7, 11) is 1.70. The molecule has 1 N–H and O–H groups in total. The van der Waals surface area contributed by atoms with E-state index in [4.69, 9.17) is 4.74 Å². The summed E-state index contributed by atoms with van der Waals surface area (Å²) in [4.78, 5) is 16.9. The van der Waals surface area contributed by atoms with Gasteiger partial charge in [0.15, 0.2) is 5.78 Å². The summed E-state index contributed by atoms with van der Waals surface area (Å²) in [5.74, 6) is 1.44. The van der Waals surface area contributed by atoms with Gasteiger partial charge in [0.1, 0.15) is 5.75 Å². The molecule has 5 rings (SSSR count). The summed E-state index contributed by atoms with van der Waals surface area (Å²) >= 11 is 0. The van der Waals surface area contributed by atoms with Crippen molar-refractivity contribution in [3.8, 4) is 11.8 Å². The zero-order chi connectivity index (χ0) is 18.9. The number of nitriles is 1. The molecule has 134 valence electrons. The number of ketones is 1. The van der Waals surface area contributed by atoms with Gasteiger partial charge in [-0.3, -0.25) is 4.79 Å². The van der Waals surface area contributed by atoms with Crippen LogP contribution in [0.5, 0.6) is 5.75 Å². The Morgan fingerprint density at radius 1 is 1.22 bits per heavy atom. The third kappa shape index (κ3) is 2.12. The van der Waals surface area contributed by atoms with Crippen molar-refractivity contribution in [3.05, 3.63) is 63.8 Å². The normalized spacial score (nSPS) is 17.3. The van der Waals surface area contributed by atoms with E-state index in [1.807, 2.05) is 12.1 Å². The minimum atomic E-state index is -0.361. The summed E-state index contributed by atoms with van der Waals surface area (Å²) in [5, 5.41) is 10.1. The first-order chi connectivity index (χ1) is 13.0. The van der Waals surface area contributed by atoms with E-state index in [0.717, 1.165) is 57.4 Å². The molecule has 0 radical (unpaired) electrons. The van der Waals surface area contributed by atoms with Gasteiger partial charge in [-0.25, -0.2) is 0 Å². The lowest BCUT2D eigenvalue weighted by molar-refractivity contribution is 0.103. The number of hydrogen-bond acceptors (Lipinski definition) is 3. The van der Waals surface area contributed by atoms with Crippen LogP contribution in [0.25, 0.3) is 10.9 Å². The molecule has 0 atom stereocenters. The maximum atomic E-state index is 13.5. The highest BCUT2D eigenvalue weighted by molar-refractivity contribution is 6.20. The molecule has 1 saturated carbocycles. The van der Waals surface area contributed by atoms with Crippen LogP contribution in [-0.4, -0.2) is 17.9 Å². The van der Waals surface area contributed by atoms with Crippen LogP contribution < -0.4 is 4.74 Å². The van der Waals surface area contributed by atoms with Crippen molar-refractivity contribution >= 4 is 16.7 Å². The van der Waals surface area contributed by atoms with Crippen molar-refractivity contribution in [2.45, 2.75) is 38.0 Å². The van der Waals surface area contributed by atoms with E-state index >= 15 is 0 Å². The van der Waals surface area contributed by atoms with E-state index in [1.165, 1.54) is 0 Å². The molecule has 1 heterocycles. The van der Waals surface area contributed by atoms with Crippen LogP contribution in [0, 0.1) is 11.3 Å². The van der Waals surface area contributed by atoms with E-state index in [2.05, 4.69) is 37.0 Å². The molecule has 27 heavy (non-hydrogen) atoms. The van der Waals surface area contributed by atoms with Gasteiger partial charge in [0.2, 0.25) is 0 Å². The molecule has 2 aliphatic rings. The molecule has 2 aliphatic carbocycles. The van der Waals surface area contributed by atoms with Gasteiger partial charge in [-0.05, 0) is 54.2 Å². The number of aromatic nitrogens is 1. The predicted octanol–water partition coefficient (Wildman–Crippen LogP) is 4.80. The Balaban J connectivity index is 1.80. The molecule has 0 spiro atoms. The van der Waals surface area contributed by atoms with E-state index in [1.54, 1.807) is 13.2 Å². The lowest BCUT2D eigenvalue weighted by Gasteiger charge is -2.33. The number of H-pyrrole nitrogens is 1. The van der Waals surface area contributed by atoms with E-state index < -0.39 is 0 Å². The topological polar surface area (TPSA) is 65.9 Å². The fourth-order valence-electron chi connectivity index (χ4n) is 4.43. The van der Waals surface area contributed by atoms with E-state index in [-0.39, 0.29) is 11.2 Å². The average molecular weight is 356 g/mol. The standard InChI is InChI=1S/C23H20N2O2/c1-23(2)17-10-19(27-3)15(13-5-6-13)9-16(17)21(26)20-14-7-4-12(11-24)8-18(14)25-22(20)23/h4,7-10,13,25H,5-6H2,1-3H3. The Morgan fingerprint density at radius 3 is 2.67 bits per heavy atom. The molecule has 3 aromatic rings. The molecular formula is C23H20N2O2. The maximum Gasteiger partial charge on any atom is 0.195 e. The third-order valence-corrected chi connectivity index (χ3v) is 6.08. The summed E-state index contributed by atoms with van der Waals surface area (Å²) in [6.07, 6.45) is 2.31. The second kappa shape index (κ2) is 5.23. The smallest absolute Gasteiger partial charge is 0.195 e. The van der Waals surface area contributed by atoms with Gasteiger partial charge in [0, 0.05) is 27.6 Å². The highest BCUT2D eigenvalue weighted by Gasteiger charge is 2.41. The quantitative estimate of drug-likeness (QED) is 0.717. The Hall–Kier alpha value is -3.06. The first-order valence-electron chi connectivity index (χ1n) is 9.29. The average Bonchev–Trinajstić information content (AvgIpc) is 3.44. The van der Waals surface area contributed by atoms with Gasteiger partial charge >= 0.3 is 0 Å². The molecule has 2 aromatic carbocycles. The van der Waals surface area contributed by atoms with E-state index in [0.29, 0.717) is 11.5 Å². The number of nitrogens with one attached hydrogen (secondary N) is 1. The largest absolute Gasteiger partial charge is 0.496 e. The summed E-state index contributed by atoms with van der Waals surface area (Å²) in [6, 6.07) is 11.8. The number of carbonyl (C=O) groups is 1. The number of ether oxygens (including phenoxy) is 1. The van der Waals surface area contributed by atoms with Crippen molar-refractivity contribution in [1.82, 2.24) is 4.98 Å². The van der Waals surface area contributed by atoms with Crippen molar-refractivity contribution in [2.24, 2.45) is 0 Å². The van der Waals surface area contributed by atoms with Gasteiger partial charge in [0.05, 0.1) is 24.3 Å². The predicted molar refractivity (Wildman–Crippen MR) is 104 cm³/mol. The van der Waals surface area contributed by atoms with Crippen LogP contribution in [0.4, 0.5) is 0 Å². The first kappa shape index (κ1) is 16.1.